The van der Waals surface area contributed by atoms with Crippen LogP contribution in [0.3, 0.4) is 0 Å². The maximum atomic E-state index is 12.6. The number of pyridine rings is 1. The Labute approximate surface area is 166 Å². The van der Waals surface area contributed by atoms with E-state index >= 15 is 0 Å². The highest BCUT2D eigenvalue weighted by Gasteiger charge is 2.30. The van der Waals surface area contributed by atoms with Crippen molar-refractivity contribution < 1.29 is 26.3 Å². The Hall–Kier alpha value is -2.91. The van der Waals surface area contributed by atoms with Crippen molar-refractivity contribution in [3.63, 3.8) is 0 Å². The second kappa shape index (κ2) is 8.62. The highest BCUT2D eigenvalue weighted by atomic mass is 32.2. The maximum absolute atomic E-state index is 12.6. The summed E-state index contributed by atoms with van der Waals surface area (Å²) in [7, 11) is -3.74. The third kappa shape index (κ3) is 6.30. The van der Waals surface area contributed by atoms with Crippen LogP contribution in [0.15, 0.2) is 72.9 Å². The van der Waals surface area contributed by atoms with E-state index < -0.39 is 27.5 Å². The lowest BCUT2D eigenvalue weighted by molar-refractivity contribution is -0.137. The van der Waals surface area contributed by atoms with Gasteiger partial charge in [-0.05, 0) is 41.5 Å². The van der Waals surface area contributed by atoms with E-state index in [1.54, 1.807) is 48.7 Å². The fourth-order valence-electron chi connectivity index (χ4n) is 2.50. The molecule has 1 N–H and O–H groups in total. The van der Waals surface area contributed by atoms with E-state index in [0.29, 0.717) is 17.2 Å². The number of benzene rings is 2. The molecule has 0 radical (unpaired) electrons. The van der Waals surface area contributed by atoms with Gasteiger partial charge < -0.3 is 4.74 Å². The van der Waals surface area contributed by atoms with Crippen LogP contribution >= 0.6 is 0 Å². The molecule has 0 saturated carbocycles. The van der Waals surface area contributed by atoms with Crippen LogP contribution in [-0.4, -0.2) is 13.4 Å². The number of nitrogens with one attached hydrogen (secondary N) is 1. The zero-order valence-electron chi connectivity index (χ0n) is 15.1. The van der Waals surface area contributed by atoms with E-state index in [9.17, 15) is 21.6 Å². The van der Waals surface area contributed by atoms with Crippen molar-refractivity contribution in [2.45, 2.75) is 18.5 Å². The zero-order chi connectivity index (χ0) is 20.9. The van der Waals surface area contributed by atoms with Crippen LogP contribution < -0.4 is 9.46 Å². The fourth-order valence-corrected chi connectivity index (χ4v) is 3.62. The van der Waals surface area contributed by atoms with Crippen LogP contribution in [0.4, 0.5) is 13.2 Å². The number of ether oxygens (including phenoxy) is 1. The fraction of sp³-hybridized carbons (Fsp3) is 0.150. The first-order valence-electron chi connectivity index (χ1n) is 8.53. The van der Waals surface area contributed by atoms with Crippen molar-refractivity contribution in [3.8, 4) is 11.6 Å². The molecular formula is C20H17F3N2O3S. The summed E-state index contributed by atoms with van der Waals surface area (Å²) in [6.45, 7) is 0.0163. The zero-order valence-corrected chi connectivity index (χ0v) is 15.9. The molecule has 0 atom stereocenters. The molecular weight excluding hydrogens is 405 g/mol. The SMILES string of the molecule is O=S(=O)(Cc1ccc(C(F)(F)F)cc1)NCc1cccc(Oc2ccccn2)c1. The van der Waals surface area contributed by atoms with E-state index in [1.807, 2.05) is 0 Å². The summed E-state index contributed by atoms with van der Waals surface area (Å²) < 4.78 is 70.3. The van der Waals surface area contributed by atoms with Crippen LogP contribution in [0, 0.1) is 0 Å². The monoisotopic (exact) mass is 422 g/mol. The van der Waals surface area contributed by atoms with Crippen LogP contribution in [0.1, 0.15) is 16.7 Å². The van der Waals surface area contributed by atoms with Gasteiger partial charge in [-0.25, -0.2) is 18.1 Å². The summed E-state index contributed by atoms with van der Waals surface area (Å²) in [5.74, 6) is 0.491. The molecule has 3 aromatic rings. The van der Waals surface area contributed by atoms with Crippen LogP contribution in [0.25, 0.3) is 0 Å². The van der Waals surface area contributed by atoms with Crippen molar-refractivity contribution in [1.82, 2.24) is 9.71 Å². The summed E-state index contributed by atoms with van der Waals surface area (Å²) >= 11 is 0. The standard InChI is InChI=1S/C20H17F3N2O3S/c21-20(22,23)17-9-7-15(8-10-17)14-29(26,27)25-13-16-4-3-5-18(12-16)28-19-6-1-2-11-24-19/h1-12,25H,13-14H2. The molecule has 0 aliphatic carbocycles. The summed E-state index contributed by atoms with van der Waals surface area (Å²) in [6.07, 6.45) is -2.87. The first-order chi connectivity index (χ1) is 13.7. The molecule has 0 saturated heterocycles. The van der Waals surface area contributed by atoms with Gasteiger partial charge in [0.15, 0.2) is 0 Å². The van der Waals surface area contributed by atoms with Gasteiger partial charge in [-0.15, -0.1) is 0 Å². The highest BCUT2D eigenvalue weighted by Crippen LogP contribution is 2.29. The Kier molecular flexibility index (Phi) is 6.19. The number of alkyl halides is 3. The lowest BCUT2D eigenvalue weighted by atomic mass is 10.1. The van der Waals surface area contributed by atoms with Gasteiger partial charge in [0.2, 0.25) is 15.9 Å². The quantitative estimate of drug-likeness (QED) is 0.608. The molecule has 1 aromatic heterocycles. The minimum Gasteiger partial charge on any atom is -0.439 e. The lowest BCUT2D eigenvalue weighted by Gasteiger charge is -2.10. The predicted molar refractivity (Wildman–Crippen MR) is 102 cm³/mol. The number of nitrogens with zero attached hydrogens (tertiary/aromatic N) is 1. The van der Waals surface area contributed by atoms with Crippen LogP contribution in [-0.2, 0) is 28.5 Å². The van der Waals surface area contributed by atoms with Gasteiger partial charge in [0.25, 0.3) is 0 Å². The minimum atomic E-state index is -4.46. The van der Waals surface area contributed by atoms with E-state index in [2.05, 4.69) is 9.71 Å². The van der Waals surface area contributed by atoms with Crippen molar-refractivity contribution in [2.24, 2.45) is 0 Å². The van der Waals surface area contributed by atoms with Gasteiger partial charge in [-0.1, -0.05) is 30.3 Å². The Morgan fingerprint density at radius 1 is 0.931 bits per heavy atom. The third-order valence-electron chi connectivity index (χ3n) is 3.89. The summed E-state index contributed by atoms with van der Waals surface area (Å²) in [4.78, 5) is 4.05. The molecule has 0 amide bonds. The molecule has 0 spiro atoms. The second-order valence-electron chi connectivity index (χ2n) is 6.19. The van der Waals surface area contributed by atoms with Crippen LogP contribution in [0.2, 0.25) is 0 Å². The largest absolute Gasteiger partial charge is 0.439 e. The Morgan fingerprint density at radius 2 is 1.69 bits per heavy atom. The molecule has 0 unspecified atom stereocenters. The van der Waals surface area contributed by atoms with E-state index in [1.165, 1.54) is 0 Å². The number of sulfonamides is 1. The van der Waals surface area contributed by atoms with Crippen molar-refractivity contribution in [2.75, 3.05) is 0 Å². The Balaban J connectivity index is 1.61. The van der Waals surface area contributed by atoms with Gasteiger partial charge in [0, 0.05) is 18.8 Å². The molecule has 0 aliphatic rings. The molecule has 0 aliphatic heterocycles. The summed E-state index contributed by atoms with van der Waals surface area (Å²) in [5, 5.41) is 0. The topological polar surface area (TPSA) is 68.3 Å². The first kappa shape index (κ1) is 20.8. The summed E-state index contributed by atoms with van der Waals surface area (Å²) in [6, 6.07) is 16.1. The number of rotatable bonds is 7. The number of hydrogen-bond acceptors (Lipinski definition) is 4. The average Bonchev–Trinajstić information content (AvgIpc) is 2.67. The minimum absolute atomic E-state index is 0.0163. The van der Waals surface area contributed by atoms with Gasteiger partial charge >= 0.3 is 6.18 Å². The molecule has 0 fully saturated rings. The van der Waals surface area contributed by atoms with E-state index in [0.717, 1.165) is 24.3 Å². The van der Waals surface area contributed by atoms with Gasteiger partial charge in [-0.3, -0.25) is 0 Å². The predicted octanol–water partition coefficient (Wildman–Crippen LogP) is 4.51. The molecule has 3 rings (SSSR count). The molecule has 0 bridgehead atoms. The highest BCUT2D eigenvalue weighted by molar-refractivity contribution is 7.88. The lowest BCUT2D eigenvalue weighted by Crippen LogP contribution is -2.24. The molecule has 2 aromatic carbocycles. The van der Waals surface area contributed by atoms with Crippen molar-refractivity contribution >= 4 is 10.0 Å². The second-order valence-corrected chi connectivity index (χ2v) is 8.00. The number of halogens is 3. The number of hydrogen-bond donors (Lipinski definition) is 1. The normalized spacial score (nSPS) is 12.0. The van der Waals surface area contributed by atoms with Gasteiger partial charge in [0.05, 0.1) is 11.3 Å². The average molecular weight is 422 g/mol. The smallest absolute Gasteiger partial charge is 0.416 e. The Morgan fingerprint density at radius 3 is 2.34 bits per heavy atom. The van der Waals surface area contributed by atoms with Crippen molar-refractivity contribution in [3.05, 3.63) is 89.6 Å². The third-order valence-corrected chi connectivity index (χ3v) is 5.19. The molecule has 5 nitrogen and oxygen atoms in total. The number of aromatic nitrogens is 1. The molecule has 152 valence electrons. The van der Waals surface area contributed by atoms with E-state index in [-0.39, 0.29) is 12.1 Å². The maximum Gasteiger partial charge on any atom is 0.416 e. The molecule has 29 heavy (non-hydrogen) atoms. The summed E-state index contributed by atoms with van der Waals surface area (Å²) in [5.41, 5.74) is 0.100. The van der Waals surface area contributed by atoms with Crippen molar-refractivity contribution in [1.29, 1.82) is 0 Å². The van der Waals surface area contributed by atoms with Crippen LogP contribution in [0.5, 0.6) is 11.6 Å². The molecule has 1 heterocycles. The van der Waals surface area contributed by atoms with Gasteiger partial charge in [-0.2, -0.15) is 13.2 Å². The van der Waals surface area contributed by atoms with Gasteiger partial charge in [0.1, 0.15) is 5.75 Å². The first-order valence-corrected chi connectivity index (χ1v) is 10.2. The van der Waals surface area contributed by atoms with E-state index in [4.69, 9.17) is 4.74 Å². The Bertz CT molecular complexity index is 1050. The molecule has 9 heteroatoms.